The van der Waals surface area contributed by atoms with Crippen molar-refractivity contribution in [1.82, 2.24) is 24.1 Å². The zero-order valence-electron chi connectivity index (χ0n) is 18.1. The van der Waals surface area contributed by atoms with Crippen LogP contribution in [0.4, 0.5) is 5.82 Å². The number of fused-ring (bicyclic) bond motifs is 1. The zero-order chi connectivity index (χ0) is 21.6. The normalized spacial score (nSPS) is 15.9. The number of hydrogen-bond acceptors (Lipinski definition) is 5. The Labute approximate surface area is 176 Å². The fourth-order valence-corrected chi connectivity index (χ4v) is 4.80. The van der Waals surface area contributed by atoms with Crippen LogP contribution >= 0.6 is 0 Å². The molecule has 1 aliphatic heterocycles. The third-order valence-corrected chi connectivity index (χ3v) is 6.42. The molecule has 0 atom stereocenters. The number of nitrogens with zero attached hydrogens (tertiary/aromatic N) is 5. The first-order chi connectivity index (χ1) is 14.3. The van der Waals surface area contributed by atoms with Gasteiger partial charge >= 0.3 is 5.97 Å². The number of hydrogen-bond donors (Lipinski definition) is 2. The number of nitrogen functional groups attached to an aromatic ring is 1. The van der Waals surface area contributed by atoms with Gasteiger partial charge in [-0.15, -0.1) is 0 Å². The fraction of sp³-hybridized carbons (Fsp3) is 0.500. The predicted octanol–water partition coefficient (Wildman–Crippen LogP) is 3.14. The maximum atomic E-state index is 11.7. The molecular formula is C22H30N6O2. The van der Waals surface area contributed by atoms with Crippen molar-refractivity contribution in [3.63, 3.8) is 0 Å². The van der Waals surface area contributed by atoms with Crippen molar-refractivity contribution in [3.05, 3.63) is 46.0 Å². The van der Waals surface area contributed by atoms with Gasteiger partial charge in [-0.1, -0.05) is 0 Å². The van der Waals surface area contributed by atoms with Gasteiger partial charge in [0.05, 0.1) is 5.69 Å². The number of nitrogens with two attached hydrogens (primary N) is 1. The molecular weight excluding hydrogens is 380 g/mol. The van der Waals surface area contributed by atoms with E-state index in [9.17, 15) is 9.90 Å². The molecule has 30 heavy (non-hydrogen) atoms. The SMILES string of the molecule is CCn1c(C)c(CN2CCC(c3cc(N)n4nc(C)cc4n3)CC2)c(C)c1C(=O)O. The summed E-state index contributed by atoms with van der Waals surface area (Å²) in [7, 11) is 0. The lowest BCUT2D eigenvalue weighted by atomic mass is 9.92. The van der Waals surface area contributed by atoms with Gasteiger partial charge in [-0.05, 0) is 64.8 Å². The zero-order valence-corrected chi connectivity index (χ0v) is 18.1. The van der Waals surface area contributed by atoms with Gasteiger partial charge in [0.1, 0.15) is 11.5 Å². The number of rotatable bonds is 5. The molecule has 0 radical (unpaired) electrons. The molecule has 0 aliphatic carbocycles. The highest BCUT2D eigenvalue weighted by Gasteiger charge is 2.26. The van der Waals surface area contributed by atoms with E-state index in [0.717, 1.165) is 66.3 Å². The summed E-state index contributed by atoms with van der Waals surface area (Å²) in [5.41, 5.74) is 12.5. The molecule has 0 unspecified atom stereocenters. The summed E-state index contributed by atoms with van der Waals surface area (Å²) in [6.07, 6.45) is 2.02. The van der Waals surface area contributed by atoms with Crippen LogP contribution in [-0.2, 0) is 13.1 Å². The molecule has 0 amide bonds. The molecule has 1 saturated heterocycles. The number of likely N-dealkylation sites (tertiary alicyclic amines) is 1. The van der Waals surface area contributed by atoms with E-state index >= 15 is 0 Å². The largest absolute Gasteiger partial charge is 0.477 e. The Morgan fingerprint density at radius 1 is 1.23 bits per heavy atom. The van der Waals surface area contributed by atoms with Crippen LogP contribution in [0.25, 0.3) is 5.65 Å². The Hall–Kier alpha value is -2.87. The van der Waals surface area contributed by atoms with Gasteiger partial charge in [0.25, 0.3) is 0 Å². The van der Waals surface area contributed by atoms with Crippen LogP contribution in [0.5, 0.6) is 0 Å². The molecule has 0 saturated carbocycles. The van der Waals surface area contributed by atoms with Crippen LogP contribution in [0.2, 0.25) is 0 Å². The predicted molar refractivity (Wildman–Crippen MR) is 116 cm³/mol. The van der Waals surface area contributed by atoms with E-state index in [1.54, 1.807) is 4.52 Å². The minimum Gasteiger partial charge on any atom is -0.477 e. The highest BCUT2D eigenvalue weighted by molar-refractivity contribution is 5.88. The van der Waals surface area contributed by atoms with Crippen molar-refractivity contribution in [1.29, 1.82) is 0 Å². The average Bonchev–Trinajstić information content (AvgIpc) is 3.20. The molecule has 8 heteroatoms. The second-order valence-corrected chi connectivity index (χ2v) is 8.30. The van der Waals surface area contributed by atoms with Gasteiger partial charge < -0.3 is 15.4 Å². The molecule has 8 nitrogen and oxygen atoms in total. The maximum absolute atomic E-state index is 11.7. The molecule has 4 heterocycles. The van der Waals surface area contributed by atoms with Crippen molar-refractivity contribution >= 4 is 17.4 Å². The Morgan fingerprint density at radius 2 is 1.93 bits per heavy atom. The smallest absolute Gasteiger partial charge is 0.352 e. The number of aryl methyl sites for hydroxylation is 1. The number of piperidine rings is 1. The quantitative estimate of drug-likeness (QED) is 0.670. The highest BCUT2D eigenvalue weighted by Crippen LogP contribution is 2.31. The maximum Gasteiger partial charge on any atom is 0.352 e. The Bertz CT molecular complexity index is 1100. The lowest BCUT2D eigenvalue weighted by molar-refractivity contribution is 0.0684. The summed E-state index contributed by atoms with van der Waals surface area (Å²) in [5, 5.41) is 14.0. The Morgan fingerprint density at radius 3 is 2.53 bits per heavy atom. The topological polar surface area (TPSA) is 102 Å². The van der Waals surface area contributed by atoms with Gasteiger partial charge in [0.2, 0.25) is 0 Å². The van der Waals surface area contributed by atoms with Crippen LogP contribution in [0.15, 0.2) is 12.1 Å². The van der Waals surface area contributed by atoms with E-state index in [1.165, 1.54) is 0 Å². The van der Waals surface area contributed by atoms with Gasteiger partial charge in [-0.3, -0.25) is 4.90 Å². The van der Waals surface area contributed by atoms with Crippen LogP contribution in [-0.4, -0.2) is 48.2 Å². The summed E-state index contributed by atoms with van der Waals surface area (Å²) in [6.45, 7) is 11.3. The van der Waals surface area contributed by atoms with Crippen LogP contribution < -0.4 is 5.73 Å². The number of aromatic carboxylic acids is 1. The summed E-state index contributed by atoms with van der Waals surface area (Å²) in [6, 6.07) is 3.91. The van der Waals surface area contributed by atoms with Crippen LogP contribution in [0.1, 0.15) is 64.4 Å². The Kier molecular flexibility index (Phi) is 5.27. The van der Waals surface area contributed by atoms with Crippen molar-refractivity contribution in [2.75, 3.05) is 18.8 Å². The van der Waals surface area contributed by atoms with E-state index in [0.29, 0.717) is 24.0 Å². The number of carboxylic acids is 1. The molecule has 0 bridgehead atoms. The Balaban J connectivity index is 1.49. The van der Waals surface area contributed by atoms with E-state index in [2.05, 4.69) is 10.00 Å². The molecule has 0 spiro atoms. The molecule has 3 aromatic heterocycles. The number of anilines is 1. The molecule has 3 N–H and O–H groups in total. The minimum atomic E-state index is -0.850. The number of carbonyl (C=O) groups is 1. The lowest BCUT2D eigenvalue weighted by Crippen LogP contribution is -2.33. The van der Waals surface area contributed by atoms with Crippen LogP contribution in [0, 0.1) is 20.8 Å². The first-order valence-electron chi connectivity index (χ1n) is 10.6. The number of carboxylic acid groups (broad SMARTS) is 1. The number of aromatic nitrogens is 4. The molecule has 3 aromatic rings. The molecule has 4 rings (SSSR count). The van der Waals surface area contributed by atoms with Crippen molar-refractivity contribution < 1.29 is 9.90 Å². The van der Waals surface area contributed by atoms with Gasteiger partial charge in [-0.25, -0.2) is 9.78 Å². The summed E-state index contributed by atoms with van der Waals surface area (Å²) in [4.78, 5) is 18.9. The second kappa shape index (κ2) is 7.75. The first-order valence-corrected chi connectivity index (χ1v) is 10.6. The third kappa shape index (κ3) is 3.45. The van der Waals surface area contributed by atoms with E-state index < -0.39 is 5.97 Å². The van der Waals surface area contributed by atoms with E-state index in [-0.39, 0.29) is 0 Å². The molecule has 0 aromatic carbocycles. The third-order valence-electron chi connectivity index (χ3n) is 6.42. The molecule has 1 aliphatic rings. The summed E-state index contributed by atoms with van der Waals surface area (Å²) >= 11 is 0. The van der Waals surface area contributed by atoms with E-state index in [1.807, 2.05) is 44.4 Å². The van der Waals surface area contributed by atoms with Crippen molar-refractivity contribution in [2.45, 2.75) is 59.5 Å². The van der Waals surface area contributed by atoms with Crippen LogP contribution in [0.3, 0.4) is 0 Å². The molecule has 160 valence electrons. The monoisotopic (exact) mass is 410 g/mol. The van der Waals surface area contributed by atoms with Gasteiger partial charge in [-0.2, -0.15) is 9.61 Å². The average molecular weight is 411 g/mol. The second-order valence-electron chi connectivity index (χ2n) is 8.30. The molecule has 1 fully saturated rings. The lowest BCUT2D eigenvalue weighted by Gasteiger charge is -2.32. The summed E-state index contributed by atoms with van der Waals surface area (Å²) < 4.78 is 3.60. The highest BCUT2D eigenvalue weighted by atomic mass is 16.4. The minimum absolute atomic E-state index is 0.376. The van der Waals surface area contributed by atoms with E-state index in [4.69, 9.17) is 10.7 Å². The summed E-state index contributed by atoms with van der Waals surface area (Å²) in [5.74, 6) is 0.149. The van der Waals surface area contributed by atoms with Gasteiger partial charge in [0, 0.05) is 42.5 Å². The van der Waals surface area contributed by atoms with Gasteiger partial charge in [0.15, 0.2) is 5.65 Å². The standard InChI is InChI=1S/C22H30N6O2/c1-5-27-15(4)17(14(3)21(27)22(29)30)12-26-8-6-16(7-9-26)18-11-19(23)28-20(24-18)10-13(2)25-28/h10-11,16H,5-9,12,23H2,1-4H3,(H,29,30). The van der Waals surface area contributed by atoms with Crippen molar-refractivity contribution in [2.24, 2.45) is 0 Å². The fourth-order valence-electron chi connectivity index (χ4n) is 4.80. The first kappa shape index (κ1) is 20.4. The van der Waals surface area contributed by atoms with Crippen molar-refractivity contribution in [3.8, 4) is 0 Å².